The van der Waals surface area contributed by atoms with E-state index in [-0.39, 0.29) is 12.5 Å². The van der Waals surface area contributed by atoms with Crippen molar-refractivity contribution in [3.63, 3.8) is 0 Å². The zero-order chi connectivity index (χ0) is 17.5. The fourth-order valence-electron chi connectivity index (χ4n) is 3.56. The van der Waals surface area contributed by atoms with Crippen LogP contribution in [0.5, 0.6) is 0 Å². The Labute approximate surface area is 134 Å². The lowest BCUT2D eigenvalue weighted by atomic mass is 9.68. The van der Waals surface area contributed by atoms with Gasteiger partial charge in [0, 0.05) is 18.6 Å². The van der Waals surface area contributed by atoms with Gasteiger partial charge in [-0.2, -0.15) is 13.2 Å². The molecule has 134 valence electrons. The summed E-state index contributed by atoms with van der Waals surface area (Å²) in [5.41, 5.74) is -1.87. The van der Waals surface area contributed by atoms with Gasteiger partial charge in [-0.25, -0.2) is 0 Å². The average Bonchev–Trinajstić information content (AvgIpc) is 3.20. The number of aliphatic hydroxyl groups is 1. The molecule has 0 radical (unpaired) electrons. The lowest BCUT2D eigenvalue weighted by Crippen LogP contribution is -2.57. The fraction of sp³-hybridized carbons (Fsp3) is 0.875. The van der Waals surface area contributed by atoms with Gasteiger partial charge in [0.25, 0.3) is 0 Å². The van der Waals surface area contributed by atoms with Gasteiger partial charge in [0.1, 0.15) is 0 Å². The molecule has 0 aromatic carbocycles. The largest absolute Gasteiger partial charge is 0.412 e. The van der Waals surface area contributed by atoms with Gasteiger partial charge in [-0.15, -0.1) is 0 Å². The van der Waals surface area contributed by atoms with Crippen LogP contribution in [-0.2, 0) is 14.2 Å². The summed E-state index contributed by atoms with van der Waals surface area (Å²) in [4.78, 5) is 0. The third-order valence-electron chi connectivity index (χ3n) is 4.97. The predicted molar refractivity (Wildman–Crippen MR) is 78.1 cm³/mol. The monoisotopic (exact) mass is 338 g/mol. The van der Waals surface area contributed by atoms with Crippen LogP contribution in [0.3, 0.4) is 0 Å². The normalized spacial score (nSPS) is 35.7. The van der Waals surface area contributed by atoms with E-state index in [9.17, 15) is 18.3 Å². The Kier molecular flexibility index (Phi) is 5.16. The Morgan fingerprint density at radius 3 is 2.48 bits per heavy atom. The Bertz CT molecular complexity index is 455. The maximum atomic E-state index is 12.5. The number of allylic oxidation sites excluding steroid dienone is 1. The molecule has 1 aliphatic heterocycles. The van der Waals surface area contributed by atoms with Crippen molar-refractivity contribution in [2.24, 2.45) is 5.92 Å². The number of hydrogen-bond donors (Lipinski definition) is 1. The highest BCUT2D eigenvalue weighted by molar-refractivity contribution is 5.12. The van der Waals surface area contributed by atoms with Gasteiger partial charge in [-0.1, -0.05) is 6.08 Å². The van der Waals surface area contributed by atoms with E-state index >= 15 is 0 Å². The number of epoxide rings is 1. The van der Waals surface area contributed by atoms with Gasteiger partial charge < -0.3 is 19.3 Å². The van der Waals surface area contributed by atoms with Crippen molar-refractivity contribution in [3.8, 4) is 0 Å². The summed E-state index contributed by atoms with van der Waals surface area (Å²) < 4.78 is 54.4. The second kappa shape index (κ2) is 6.35. The number of ether oxygens (including phenoxy) is 3. The molecular weight excluding hydrogens is 313 g/mol. The zero-order valence-corrected chi connectivity index (χ0v) is 13.9. The van der Waals surface area contributed by atoms with Crippen molar-refractivity contribution in [1.82, 2.24) is 0 Å². The lowest BCUT2D eigenvalue weighted by Gasteiger charge is -2.46. The number of aliphatic hydroxyl groups excluding tert-OH is 1. The molecule has 0 aromatic heterocycles. The first-order valence-electron chi connectivity index (χ1n) is 7.76. The van der Waals surface area contributed by atoms with Crippen LogP contribution in [0.2, 0.25) is 0 Å². The van der Waals surface area contributed by atoms with Crippen LogP contribution in [0.25, 0.3) is 0 Å². The standard InChI is InChI=1S/C16H25F3O4/c1-10(16(17,18)19)6-8-22-14(2,3)13-12(21-4)11(20)5-7-15(13)9-23-15/h6,11-13,20H,5,7-9H2,1-4H3/b10-6+/t11-,12-,13-,15+/m1/s1. The van der Waals surface area contributed by atoms with Crippen LogP contribution < -0.4 is 0 Å². The summed E-state index contributed by atoms with van der Waals surface area (Å²) >= 11 is 0. The third-order valence-corrected chi connectivity index (χ3v) is 4.97. The molecule has 1 N–H and O–H groups in total. The molecule has 0 aromatic rings. The van der Waals surface area contributed by atoms with Crippen LogP contribution in [0.15, 0.2) is 11.6 Å². The number of methoxy groups -OCH3 is 1. The van der Waals surface area contributed by atoms with E-state index in [2.05, 4.69) is 0 Å². The first-order valence-corrected chi connectivity index (χ1v) is 7.76. The summed E-state index contributed by atoms with van der Waals surface area (Å²) in [6.07, 6.45) is -3.13. The summed E-state index contributed by atoms with van der Waals surface area (Å²) in [5.74, 6) is -0.247. The average molecular weight is 338 g/mol. The molecule has 0 bridgehead atoms. The molecule has 1 aliphatic carbocycles. The van der Waals surface area contributed by atoms with Gasteiger partial charge in [0.2, 0.25) is 0 Å². The first-order chi connectivity index (χ1) is 10.5. The fourth-order valence-corrected chi connectivity index (χ4v) is 3.56. The molecule has 1 saturated carbocycles. The van der Waals surface area contributed by atoms with Crippen LogP contribution in [0.4, 0.5) is 13.2 Å². The molecule has 1 spiro atoms. The van der Waals surface area contributed by atoms with E-state index in [1.165, 1.54) is 7.11 Å². The molecule has 4 atom stereocenters. The molecule has 7 heteroatoms. The minimum Gasteiger partial charge on any atom is -0.390 e. The summed E-state index contributed by atoms with van der Waals surface area (Å²) in [6, 6.07) is 0. The maximum Gasteiger partial charge on any atom is 0.412 e. The number of hydrogen-bond acceptors (Lipinski definition) is 4. The Morgan fingerprint density at radius 1 is 1.39 bits per heavy atom. The van der Waals surface area contributed by atoms with E-state index in [1.807, 2.05) is 13.8 Å². The number of alkyl halides is 3. The summed E-state index contributed by atoms with van der Waals surface area (Å²) in [6.45, 7) is 5.04. The van der Waals surface area contributed by atoms with E-state index in [0.717, 1.165) is 13.0 Å². The van der Waals surface area contributed by atoms with Crippen molar-refractivity contribution in [3.05, 3.63) is 11.6 Å². The second-order valence-corrected chi connectivity index (χ2v) is 6.94. The molecule has 2 rings (SSSR count). The highest BCUT2D eigenvalue weighted by Crippen LogP contribution is 2.52. The van der Waals surface area contributed by atoms with Crippen LogP contribution >= 0.6 is 0 Å². The molecule has 1 saturated heterocycles. The molecule has 4 nitrogen and oxygen atoms in total. The smallest absolute Gasteiger partial charge is 0.390 e. The van der Waals surface area contributed by atoms with E-state index < -0.39 is 35.2 Å². The van der Waals surface area contributed by atoms with E-state index in [0.29, 0.717) is 19.4 Å². The SMILES string of the molecule is CO[C@@H]1[C@H](O)CC[C@]2(CO2)[C@H]1C(C)(C)OC/C=C(\C)C(F)(F)F. The molecule has 23 heavy (non-hydrogen) atoms. The van der Waals surface area contributed by atoms with Crippen LogP contribution in [0, 0.1) is 5.92 Å². The first kappa shape index (κ1) is 18.7. The molecule has 2 aliphatic rings. The van der Waals surface area contributed by atoms with Gasteiger partial charge >= 0.3 is 6.18 Å². The van der Waals surface area contributed by atoms with Crippen molar-refractivity contribution >= 4 is 0 Å². The quantitative estimate of drug-likeness (QED) is 0.619. The number of halogens is 3. The topological polar surface area (TPSA) is 51.2 Å². The Balaban J connectivity index is 2.10. The molecule has 2 fully saturated rings. The third kappa shape index (κ3) is 3.90. The van der Waals surface area contributed by atoms with Crippen molar-refractivity contribution in [1.29, 1.82) is 0 Å². The number of rotatable bonds is 5. The lowest BCUT2D eigenvalue weighted by molar-refractivity contribution is -0.172. The van der Waals surface area contributed by atoms with Crippen LogP contribution in [-0.4, -0.2) is 55.0 Å². The van der Waals surface area contributed by atoms with E-state index in [1.54, 1.807) is 0 Å². The molecule has 0 unspecified atom stereocenters. The zero-order valence-electron chi connectivity index (χ0n) is 13.9. The summed E-state index contributed by atoms with van der Waals surface area (Å²) in [7, 11) is 1.52. The maximum absolute atomic E-state index is 12.5. The molecular formula is C16H25F3O4. The van der Waals surface area contributed by atoms with Gasteiger partial charge in [0.05, 0.1) is 36.6 Å². The van der Waals surface area contributed by atoms with Crippen molar-refractivity contribution in [2.75, 3.05) is 20.3 Å². The van der Waals surface area contributed by atoms with Gasteiger partial charge in [0.15, 0.2) is 0 Å². The van der Waals surface area contributed by atoms with Gasteiger partial charge in [-0.3, -0.25) is 0 Å². The Hall–Kier alpha value is -0.630. The summed E-state index contributed by atoms with van der Waals surface area (Å²) in [5, 5.41) is 10.2. The van der Waals surface area contributed by atoms with Gasteiger partial charge in [-0.05, 0) is 33.6 Å². The van der Waals surface area contributed by atoms with Crippen molar-refractivity contribution < 1.29 is 32.5 Å². The highest BCUT2D eigenvalue weighted by Gasteiger charge is 2.63. The Morgan fingerprint density at radius 2 is 2.00 bits per heavy atom. The highest BCUT2D eigenvalue weighted by atomic mass is 19.4. The van der Waals surface area contributed by atoms with Crippen LogP contribution in [0.1, 0.15) is 33.6 Å². The second-order valence-electron chi connectivity index (χ2n) is 6.94. The van der Waals surface area contributed by atoms with E-state index in [4.69, 9.17) is 14.2 Å². The predicted octanol–water partition coefficient (Wildman–Crippen LogP) is 2.85. The minimum absolute atomic E-state index is 0.155. The van der Waals surface area contributed by atoms with Crippen molar-refractivity contribution in [2.45, 2.75) is 63.2 Å². The molecule has 1 heterocycles. The molecule has 0 amide bonds. The minimum atomic E-state index is -4.34.